The zero-order valence-electron chi connectivity index (χ0n) is 41.6. The van der Waals surface area contributed by atoms with Crippen molar-refractivity contribution in [2.45, 2.75) is 74.5 Å². The van der Waals surface area contributed by atoms with Gasteiger partial charge in [0.1, 0.15) is 11.5 Å². The van der Waals surface area contributed by atoms with Crippen molar-refractivity contribution in [3.05, 3.63) is 140 Å². The first-order valence-corrected chi connectivity index (χ1v) is 26.5. The number of likely N-dealkylation sites (tertiary alicyclic amines) is 2. The summed E-state index contributed by atoms with van der Waals surface area (Å²) in [4.78, 5) is 55.4. The van der Waals surface area contributed by atoms with Crippen molar-refractivity contribution >= 4 is 57.3 Å². The fourth-order valence-electron chi connectivity index (χ4n) is 9.46. The van der Waals surface area contributed by atoms with Gasteiger partial charge in [0.25, 0.3) is 11.1 Å². The minimum atomic E-state index is -0.881. The normalized spacial score (nSPS) is 14.8. The summed E-state index contributed by atoms with van der Waals surface area (Å²) in [5, 5.41) is 18.8. The number of aromatic carboxylic acids is 1. The highest BCUT2D eigenvalue weighted by atomic mass is 32.2. The summed E-state index contributed by atoms with van der Waals surface area (Å²) in [6.45, 7) is 12.7. The second-order valence-electron chi connectivity index (χ2n) is 18.0. The maximum atomic E-state index is 12.8. The topological polar surface area (TPSA) is 157 Å². The first kappa shape index (κ1) is 53.2. The van der Waals surface area contributed by atoms with E-state index in [1.54, 1.807) is 68.1 Å². The fraction of sp³-hybridized carbons (Fsp3) is 0.418. The number of fused-ring (bicyclic) bond motifs is 2. The number of esters is 1. The van der Waals surface area contributed by atoms with E-state index in [0.29, 0.717) is 36.3 Å². The number of methoxy groups -OCH3 is 3. The molecule has 0 spiro atoms. The van der Waals surface area contributed by atoms with Gasteiger partial charge in [0.05, 0.1) is 43.5 Å². The van der Waals surface area contributed by atoms with Crippen molar-refractivity contribution < 1.29 is 28.9 Å². The van der Waals surface area contributed by atoms with Crippen LogP contribution in [0.4, 0.5) is 0 Å². The molecule has 2 aliphatic rings. The maximum absolute atomic E-state index is 12.8. The smallest absolute Gasteiger partial charge is 0.338 e. The molecule has 71 heavy (non-hydrogen) atoms. The van der Waals surface area contributed by atoms with E-state index >= 15 is 0 Å². The Morgan fingerprint density at radius 1 is 0.592 bits per heavy atom. The van der Waals surface area contributed by atoms with Crippen molar-refractivity contribution in [2.24, 2.45) is 0 Å². The lowest BCUT2D eigenvalue weighted by molar-refractivity contribution is 0.0595. The molecular weight excluding hydrogens is 937 g/mol. The summed E-state index contributed by atoms with van der Waals surface area (Å²) in [5.41, 5.74) is 4.89. The van der Waals surface area contributed by atoms with Crippen molar-refractivity contribution in [1.82, 2.24) is 29.6 Å². The van der Waals surface area contributed by atoms with Crippen LogP contribution in [-0.4, -0.2) is 133 Å². The Balaban J connectivity index is 0.000000209. The van der Waals surface area contributed by atoms with Crippen molar-refractivity contribution in [2.75, 3.05) is 85.2 Å². The van der Waals surface area contributed by atoms with Gasteiger partial charge in [-0.2, -0.15) is 0 Å². The molecule has 8 rings (SSSR count). The van der Waals surface area contributed by atoms with Crippen molar-refractivity contribution in [1.29, 1.82) is 0 Å². The minimum absolute atomic E-state index is 0.0294. The van der Waals surface area contributed by atoms with Gasteiger partial charge < -0.3 is 48.9 Å². The highest BCUT2D eigenvalue weighted by Gasteiger charge is 2.21. The predicted octanol–water partition coefficient (Wildman–Crippen LogP) is 7.81. The van der Waals surface area contributed by atoms with E-state index in [-0.39, 0.29) is 17.1 Å². The summed E-state index contributed by atoms with van der Waals surface area (Å²) in [6.07, 6.45) is 4.29. The van der Waals surface area contributed by atoms with Crippen LogP contribution in [-0.2, 0) is 17.8 Å². The number of rotatable bonds is 20. The van der Waals surface area contributed by atoms with Crippen molar-refractivity contribution in [3.63, 3.8) is 0 Å². The molecule has 4 aromatic carbocycles. The highest BCUT2D eigenvalue weighted by Crippen LogP contribution is 2.26. The van der Waals surface area contributed by atoms with E-state index in [9.17, 15) is 24.3 Å². The van der Waals surface area contributed by atoms with Gasteiger partial charge in [-0.25, -0.2) is 9.59 Å². The number of carbonyl (C=O) groups is 2. The molecule has 0 radical (unpaired) electrons. The molecule has 3 N–H and O–H groups in total. The first-order chi connectivity index (χ1) is 34.5. The molecule has 4 heterocycles. The van der Waals surface area contributed by atoms with Gasteiger partial charge in [-0.15, -0.1) is 23.5 Å². The van der Waals surface area contributed by atoms with Crippen LogP contribution in [0.25, 0.3) is 21.8 Å². The Labute approximate surface area is 425 Å². The Hall–Kier alpha value is -5.62. The zero-order chi connectivity index (χ0) is 50.3. The zero-order valence-corrected chi connectivity index (χ0v) is 43.2. The number of carboxylic acid groups (broad SMARTS) is 1. The third-order valence-corrected chi connectivity index (χ3v) is 15.7. The molecular formula is C55H68N6O8S2. The molecule has 2 aliphatic heterocycles. The number of piperidine rings is 2. The number of pyridine rings is 2. The van der Waals surface area contributed by atoms with Crippen LogP contribution in [0.2, 0.25) is 0 Å². The largest absolute Gasteiger partial charge is 0.497 e. The molecule has 0 bridgehead atoms. The molecule has 0 amide bonds. The number of benzene rings is 4. The number of hydrogen-bond donors (Lipinski definition) is 3. The Bertz CT molecular complexity index is 2870. The molecule has 0 saturated carbocycles. The molecule has 0 atom stereocenters. The van der Waals surface area contributed by atoms with E-state index in [2.05, 4.69) is 20.4 Å². The standard InChI is InChI=1S/C28H35N3O4S.C27H33N3O4S/c1-20-18-27(32)31(25-19-22(34-2)8-9-23(20)25)16-15-30-13-10-21(11-14-30)29-12-17-36-26-7-5-4-6-24(26)28(33)35-3;1-19-17-26(31)30(24-18-21(34-2)7-8-22(19)24)15-14-29-12-9-20(10-13-29)28-11-16-35-25-6-4-3-5-23(25)27(32)33/h4-9,18-19,21,29H,10-17H2,1-3H3;3-8,17-18,20,28H,9-16H2,1-2H3,(H,32,33). The molecule has 2 saturated heterocycles. The van der Waals surface area contributed by atoms with Gasteiger partial charge in [0, 0.05) is 108 Å². The average Bonchev–Trinajstić information content (AvgIpc) is 3.39. The van der Waals surface area contributed by atoms with E-state index in [4.69, 9.17) is 14.2 Å². The fourth-order valence-corrected chi connectivity index (χ4v) is 11.3. The number of nitrogens with zero attached hydrogens (tertiary/aromatic N) is 4. The molecule has 14 nitrogen and oxygen atoms in total. The lowest BCUT2D eigenvalue weighted by Gasteiger charge is -2.32. The average molecular weight is 1010 g/mol. The number of hydrogen-bond acceptors (Lipinski definition) is 13. The Kier molecular flexibility index (Phi) is 19.6. The van der Waals surface area contributed by atoms with E-state index in [0.717, 1.165) is 144 Å². The van der Waals surface area contributed by atoms with Gasteiger partial charge in [-0.05, 0) is 125 Å². The van der Waals surface area contributed by atoms with E-state index in [1.165, 1.54) is 7.11 Å². The first-order valence-electron chi connectivity index (χ1n) is 24.5. The predicted molar refractivity (Wildman–Crippen MR) is 287 cm³/mol. The number of thioether (sulfide) groups is 2. The number of carbonyl (C=O) groups excluding carboxylic acids is 1. The quantitative estimate of drug-likeness (QED) is 0.0387. The van der Waals surface area contributed by atoms with Crippen LogP contribution in [0.3, 0.4) is 0 Å². The monoisotopic (exact) mass is 1000 g/mol. The van der Waals surface area contributed by atoms with E-state index < -0.39 is 5.97 Å². The maximum Gasteiger partial charge on any atom is 0.338 e. The number of aromatic nitrogens is 2. The number of carboxylic acids is 1. The second kappa shape index (κ2) is 26.2. The lowest BCUT2D eigenvalue weighted by Crippen LogP contribution is -2.44. The van der Waals surface area contributed by atoms with Crippen LogP contribution in [0.1, 0.15) is 57.5 Å². The van der Waals surface area contributed by atoms with Crippen LogP contribution in [0.15, 0.2) is 116 Å². The second-order valence-corrected chi connectivity index (χ2v) is 20.3. The molecule has 0 aliphatic carbocycles. The van der Waals surface area contributed by atoms with Crippen molar-refractivity contribution in [3.8, 4) is 11.5 Å². The molecule has 378 valence electrons. The summed E-state index contributed by atoms with van der Waals surface area (Å²) >= 11 is 3.26. The lowest BCUT2D eigenvalue weighted by atomic mass is 10.1. The minimum Gasteiger partial charge on any atom is -0.497 e. The summed E-state index contributed by atoms with van der Waals surface area (Å²) in [5.74, 6) is 2.07. The number of nitrogens with one attached hydrogen (secondary N) is 2. The number of aryl methyl sites for hydroxylation is 2. The highest BCUT2D eigenvalue weighted by molar-refractivity contribution is 7.99. The van der Waals surface area contributed by atoms with Gasteiger partial charge in [-0.3, -0.25) is 9.59 Å². The third kappa shape index (κ3) is 14.3. The number of ether oxygens (including phenoxy) is 3. The van der Waals surface area contributed by atoms with Crippen LogP contribution < -0.4 is 31.2 Å². The molecule has 0 unspecified atom stereocenters. The summed E-state index contributed by atoms with van der Waals surface area (Å²) in [7, 11) is 4.71. The van der Waals surface area contributed by atoms with Crippen LogP contribution in [0.5, 0.6) is 11.5 Å². The Morgan fingerprint density at radius 2 is 1.01 bits per heavy atom. The van der Waals surface area contributed by atoms with Gasteiger partial charge >= 0.3 is 11.9 Å². The van der Waals surface area contributed by atoms with Crippen LogP contribution in [0, 0.1) is 13.8 Å². The third-order valence-electron chi connectivity index (χ3n) is 13.5. The molecule has 2 aromatic heterocycles. The molecule has 2 fully saturated rings. The molecule has 6 aromatic rings. The summed E-state index contributed by atoms with van der Waals surface area (Å²) in [6, 6.07) is 31.0. The van der Waals surface area contributed by atoms with Gasteiger partial charge in [0.15, 0.2) is 0 Å². The van der Waals surface area contributed by atoms with Crippen LogP contribution >= 0.6 is 23.5 Å². The van der Waals surface area contributed by atoms with Gasteiger partial charge in [0.2, 0.25) is 0 Å². The van der Waals surface area contributed by atoms with E-state index in [1.807, 2.05) is 89.7 Å². The SMILES string of the molecule is COC(=O)c1ccccc1SCCNC1CCN(CCn2c(=O)cc(C)c3ccc(OC)cc32)CC1.COc1ccc2c(C)cc(=O)n(CCN3CCC(NCCSc4ccccc4C(=O)O)CC3)c2c1. The Morgan fingerprint density at radius 3 is 1.44 bits per heavy atom. The summed E-state index contributed by atoms with van der Waals surface area (Å²) < 4.78 is 19.4. The molecule has 16 heteroatoms. The van der Waals surface area contributed by atoms with Gasteiger partial charge in [-0.1, -0.05) is 24.3 Å².